The molecule has 2 nitrogen and oxygen atoms in total. The van der Waals surface area contributed by atoms with Crippen LogP contribution < -0.4 is 0 Å². The predicted molar refractivity (Wildman–Crippen MR) is 61.2 cm³/mol. The van der Waals surface area contributed by atoms with Gasteiger partial charge < -0.3 is 5.11 Å². The van der Waals surface area contributed by atoms with Crippen molar-refractivity contribution in [2.45, 2.75) is 38.7 Å². The number of aliphatic hydroxyl groups is 1. The summed E-state index contributed by atoms with van der Waals surface area (Å²) >= 11 is 3.34. The van der Waals surface area contributed by atoms with E-state index in [2.05, 4.69) is 27.8 Å². The van der Waals surface area contributed by atoms with Crippen molar-refractivity contribution in [1.29, 1.82) is 0 Å². The van der Waals surface area contributed by atoms with E-state index in [1.165, 1.54) is 0 Å². The van der Waals surface area contributed by atoms with Gasteiger partial charge in [-0.3, -0.25) is 4.98 Å². The Labute approximate surface area is 93.5 Å². The molecule has 78 valence electrons. The van der Waals surface area contributed by atoms with Crippen molar-refractivity contribution in [3.05, 3.63) is 28.5 Å². The SMILES string of the molecule is CCCC(O)CCc1ccc(Br)cn1. The van der Waals surface area contributed by atoms with Crippen LogP contribution in [0.4, 0.5) is 0 Å². The molecule has 1 unspecified atom stereocenters. The number of pyridine rings is 1. The number of halogens is 1. The summed E-state index contributed by atoms with van der Waals surface area (Å²) in [6.45, 7) is 2.08. The molecule has 3 heteroatoms. The molecule has 0 spiro atoms. The van der Waals surface area contributed by atoms with Crippen molar-refractivity contribution in [1.82, 2.24) is 4.98 Å². The summed E-state index contributed by atoms with van der Waals surface area (Å²) in [7, 11) is 0. The minimum atomic E-state index is -0.176. The van der Waals surface area contributed by atoms with Crippen molar-refractivity contribution in [3.63, 3.8) is 0 Å². The molecule has 1 aromatic heterocycles. The summed E-state index contributed by atoms with van der Waals surface area (Å²) in [5.41, 5.74) is 1.04. The van der Waals surface area contributed by atoms with Crippen LogP contribution in [0, 0.1) is 0 Å². The fourth-order valence-electron chi connectivity index (χ4n) is 1.35. The van der Waals surface area contributed by atoms with E-state index in [0.717, 1.165) is 35.8 Å². The summed E-state index contributed by atoms with van der Waals surface area (Å²) in [4.78, 5) is 4.25. The van der Waals surface area contributed by atoms with E-state index < -0.39 is 0 Å². The maximum Gasteiger partial charge on any atom is 0.0543 e. The number of nitrogens with zero attached hydrogens (tertiary/aromatic N) is 1. The molecule has 0 saturated carbocycles. The second-order valence-electron chi connectivity index (χ2n) is 3.45. The third-order valence-corrected chi connectivity index (χ3v) is 2.61. The van der Waals surface area contributed by atoms with Crippen LogP contribution in [0.5, 0.6) is 0 Å². The third-order valence-electron chi connectivity index (χ3n) is 2.14. The number of hydrogen-bond acceptors (Lipinski definition) is 2. The molecular weight excluding hydrogens is 242 g/mol. The highest BCUT2D eigenvalue weighted by molar-refractivity contribution is 9.10. The molecule has 0 radical (unpaired) electrons. The fourth-order valence-corrected chi connectivity index (χ4v) is 1.58. The molecule has 0 aliphatic rings. The molecule has 1 aromatic rings. The normalized spacial score (nSPS) is 12.8. The van der Waals surface area contributed by atoms with Crippen LogP contribution in [0.15, 0.2) is 22.8 Å². The van der Waals surface area contributed by atoms with E-state index in [-0.39, 0.29) is 6.10 Å². The molecular formula is C11H16BrNO. The average Bonchev–Trinajstić information content (AvgIpc) is 2.17. The molecule has 0 aliphatic carbocycles. The molecule has 0 aromatic carbocycles. The largest absolute Gasteiger partial charge is 0.393 e. The lowest BCUT2D eigenvalue weighted by atomic mass is 10.1. The minimum Gasteiger partial charge on any atom is -0.393 e. The first-order valence-corrected chi connectivity index (χ1v) is 5.80. The standard InChI is InChI=1S/C11H16BrNO/c1-2-3-11(14)7-6-10-5-4-9(12)8-13-10/h4-5,8,11,14H,2-3,6-7H2,1H3. The molecule has 1 N–H and O–H groups in total. The first kappa shape index (κ1) is 11.7. The topological polar surface area (TPSA) is 33.1 Å². The van der Waals surface area contributed by atoms with Crippen molar-refractivity contribution in [3.8, 4) is 0 Å². The fraction of sp³-hybridized carbons (Fsp3) is 0.545. The van der Waals surface area contributed by atoms with Crippen LogP contribution in [-0.2, 0) is 6.42 Å². The molecule has 1 atom stereocenters. The minimum absolute atomic E-state index is 0.176. The van der Waals surface area contributed by atoms with Crippen molar-refractivity contribution in [2.24, 2.45) is 0 Å². The smallest absolute Gasteiger partial charge is 0.0543 e. The first-order chi connectivity index (χ1) is 6.72. The molecule has 0 saturated heterocycles. The van der Waals surface area contributed by atoms with Crippen LogP contribution in [0.2, 0.25) is 0 Å². The van der Waals surface area contributed by atoms with Gasteiger partial charge in [-0.1, -0.05) is 13.3 Å². The predicted octanol–water partition coefficient (Wildman–Crippen LogP) is 2.94. The van der Waals surface area contributed by atoms with Gasteiger partial charge in [0.2, 0.25) is 0 Å². The van der Waals surface area contributed by atoms with Crippen molar-refractivity contribution >= 4 is 15.9 Å². The maximum absolute atomic E-state index is 9.53. The zero-order chi connectivity index (χ0) is 10.4. The van der Waals surface area contributed by atoms with Gasteiger partial charge >= 0.3 is 0 Å². The molecule has 1 rings (SSSR count). The Morgan fingerprint density at radius 2 is 2.21 bits per heavy atom. The lowest BCUT2D eigenvalue weighted by molar-refractivity contribution is 0.153. The van der Waals surface area contributed by atoms with Crippen molar-refractivity contribution in [2.75, 3.05) is 0 Å². The molecule has 1 heterocycles. The second kappa shape index (κ2) is 6.14. The van der Waals surface area contributed by atoms with Gasteiger partial charge in [-0.25, -0.2) is 0 Å². The van der Waals surface area contributed by atoms with Gasteiger partial charge in [0.05, 0.1) is 6.10 Å². The van der Waals surface area contributed by atoms with Gasteiger partial charge in [0.15, 0.2) is 0 Å². The van der Waals surface area contributed by atoms with E-state index in [1.807, 2.05) is 12.1 Å². The number of rotatable bonds is 5. The summed E-state index contributed by atoms with van der Waals surface area (Å²) in [6.07, 6.45) is 5.20. The lowest BCUT2D eigenvalue weighted by Gasteiger charge is -2.07. The Hall–Kier alpha value is -0.410. The second-order valence-corrected chi connectivity index (χ2v) is 4.36. The highest BCUT2D eigenvalue weighted by Crippen LogP contribution is 2.10. The van der Waals surface area contributed by atoms with E-state index in [0.29, 0.717) is 0 Å². The molecule has 0 amide bonds. The van der Waals surface area contributed by atoms with Gasteiger partial charge in [-0.15, -0.1) is 0 Å². The zero-order valence-corrected chi connectivity index (χ0v) is 10.00. The van der Waals surface area contributed by atoms with Crippen molar-refractivity contribution < 1.29 is 5.11 Å². The number of aromatic nitrogens is 1. The Bertz CT molecular complexity index is 260. The highest BCUT2D eigenvalue weighted by atomic mass is 79.9. The quantitative estimate of drug-likeness (QED) is 0.880. The highest BCUT2D eigenvalue weighted by Gasteiger charge is 2.03. The zero-order valence-electron chi connectivity index (χ0n) is 8.41. The van der Waals surface area contributed by atoms with Gasteiger partial charge in [-0.2, -0.15) is 0 Å². The Balaban J connectivity index is 2.34. The first-order valence-electron chi connectivity index (χ1n) is 5.01. The van der Waals surface area contributed by atoms with E-state index in [4.69, 9.17) is 0 Å². The van der Waals surface area contributed by atoms with Crippen LogP contribution in [0.1, 0.15) is 31.9 Å². The third kappa shape index (κ3) is 4.20. The molecule has 0 aliphatic heterocycles. The number of aliphatic hydroxyl groups excluding tert-OH is 1. The number of hydrogen-bond donors (Lipinski definition) is 1. The Morgan fingerprint density at radius 3 is 2.79 bits per heavy atom. The van der Waals surface area contributed by atoms with Crippen LogP contribution >= 0.6 is 15.9 Å². The van der Waals surface area contributed by atoms with E-state index in [9.17, 15) is 5.11 Å². The summed E-state index contributed by atoms with van der Waals surface area (Å²) < 4.78 is 0.996. The Morgan fingerprint density at radius 1 is 1.43 bits per heavy atom. The van der Waals surface area contributed by atoms with Crippen LogP contribution in [0.25, 0.3) is 0 Å². The number of aryl methyl sites for hydroxylation is 1. The average molecular weight is 258 g/mol. The van der Waals surface area contributed by atoms with Gasteiger partial charge in [0.1, 0.15) is 0 Å². The van der Waals surface area contributed by atoms with Gasteiger partial charge in [-0.05, 0) is 47.3 Å². The molecule has 0 fully saturated rings. The summed E-state index contributed by atoms with van der Waals surface area (Å²) in [5, 5.41) is 9.53. The molecule has 0 bridgehead atoms. The lowest BCUT2D eigenvalue weighted by Crippen LogP contribution is -2.07. The van der Waals surface area contributed by atoms with Crippen LogP contribution in [0.3, 0.4) is 0 Å². The maximum atomic E-state index is 9.53. The van der Waals surface area contributed by atoms with Gasteiger partial charge in [0.25, 0.3) is 0 Å². The van der Waals surface area contributed by atoms with E-state index >= 15 is 0 Å². The van der Waals surface area contributed by atoms with Gasteiger partial charge in [0, 0.05) is 16.4 Å². The van der Waals surface area contributed by atoms with Crippen LogP contribution in [-0.4, -0.2) is 16.2 Å². The van der Waals surface area contributed by atoms with E-state index in [1.54, 1.807) is 6.20 Å². The monoisotopic (exact) mass is 257 g/mol. The summed E-state index contributed by atoms with van der Waals surface area (Å²) in [6, 6.07) is 3.97. The Kier molecular flexibility index (Phi) is 5.12. The molecule has 14 heavy (non-hydrogen) atoms. The summed E-state index contributed by atoms with van der Waals surface area (Å²) in [5.74, 6) is 0.